The van der Waals surface area contributed by atoms with Crippen LogP contribution < -0.4 is 5.32 Å². The maximum Gasteiger partial charge on any atom is 0.389 e. The van der Waals surface area contributed by atoms with Crippen LogP contribution in [0.3, 0.4) is 0 Å². The van der Waals surface area contributed by atoms with Crippen molar-refractivity contribution in [3.63, 3.8) is 0 Å². The molecule has 1 unspecified atom stereocenters. The van der Waals surface area contributed by atoms with Gasteiger partial charge in [-0.05, 0) is 33.5 Å². The molecule has 0 radical (unpaired) electrons. The fourth-order valence-electron chi connectivity index (χ4n) is 1.33. The summed E-state index contributed by atoms with van der Waals surface area (Å²) < 4.78 is 35.3. The number of hydrogen-bond acceptors (Lipinski definition) is 3. The predicted molar refractivity (Wildman–Crippen MR) is 57.3 cm³/mol. The summed E-state index contributed by atoms with van der Waals surface area (Å²) in [7, 11) is 3.71. The van der Waals surface area contributed by atoms with Gasteiger partial charge in [-0.15, -0.1) is 0 Å². The lowest BCUT2D eigenvalue weighted by Gasteiger charge is -2.16. The van der Waals surface area contributed by atoms with Crippen molar-refractivity contribution >= 4 is 0 Å². The Kier molecular flexibility index (Phi) is 7.70. The maximum absolute atomic E-state index is 11.8. The van der Waals surface area contributed by atoms with Crippen LogP contribution in [0.2, 0.25) is 0 Å². The Bertz CT molecular complexity index is 174. The number of likely N-dealkylation sites (N-methyl/N-ethyl adjacent to an activating group) is 1. The van der Waals surface area contributed by atoms with E-state index in [1.54, 1.807) is 0 Å². The van der Waals surface area contributed by atoms with Crippen molar-refractivity contribution < 1.29 is 18.3 Å². The second-order valence-corrected chi connectivity index (χ2v) is 4.19. The average Bonchev–Trinajstić information content (AvgIpc) is 2.07. The Morgan fingerprint density at radius 2 is 1.88 bits per heavy atom. The molecule has 0 aliphatic heterocycles. The SMILES string of the molecule is CN(C)CC(O)CNCCCCC(F)(F)F. The Morgan fingerprint density at radius 1 is 1.25 bits per heavy atom. The van der Waals surface area contributed by atoms with Crippen molar-refractivity contribution in [3.05, 3.63) is 0 Å². The van der Waals surface area contributed by atoms with Gasteiger partial charge in [0.15, 0.2) is 0 Å². The first-order valence-electron chi connectivity index (χ1n) is 5.41. The third-order valence-electron chi connectivity index (χ3n) is 2.02. The van der Waals surface area contributed by atoms with Gasteiger partial charge >= 0.3 is 6.18 Å². The fourth-order valence-corrected chi connectivity index (χ4v) is 1.33. The lowest BCUT2D eigenvalue weighted by Crippen LogP contribution is -2.35. The smallest absolute Gasteiger partial charge is 0.389 e. The number of halogens is 3. The number of nitrogens with one attached hydrogen (secondary N) is 1. The highest BCUT2D eigenvalue weighted by Gasteiger charge is 2.25. The van der Waals surface area contributed by atoms with Gasteiger partial charge in [0.2, 0.25) is 0 Å². The zero-order chi connectivity index (χ0) is 12.6. The van der Waals surface area contributed by atoms with E-state index in [-0.39, 0.29) is 6.42 Å². The minimum atomic E-state index is -4.05. The first kappa shape index (κ1) is 15.7. The van der Waals surface area contributed by atoms with E-state index in [4.69, 9.17) is 0 Å². The van der Waals surface area contributed by atoms with E-state index in [1.807, 2.05) is 19.0 Å². The van der Waals surface area contributed by atoms with Gasteiger partial charge in [-0.1, -0.05) is 0 Å². The first-order chi connectivity index (χ1) is 7.31. The van der Waals surface area contributed by atoms with E-state index in [0.29, 0.717) is 26.1 Å². The molecule has 0 bridgehead atoms. The van der Waals surface area contributed by atoms with E-state index in [9.17, 15) is 18.3 Å². The molecule has 0 saturated heterocycles. The van der Waals surface area contributed by atoms with Crippen LogP contribution in [0.1, 0.15) is 19.3 Å². The molecule has 0 heterocycles. The largest absolute Gasteiger partial charge is 0.390 e. The molecule has 0 aliphatic carbocycles. The number of unbranched alkanes of at least 4 members (excludes halogenated alkanes) is 1. The normalized spacial score (nSPS) is 14.4. The Labute approximate surface area is 94.6 Å². The van der Waals surface area contributed by atoms with Gasteiger partial charge in [-0.3, -0.25) is 0 Å². The van der Waals surface area contributed by atoms with Gasteiger partial charge in [0.25, 0.3) is 0 Å². The van der Waals surface area contributed by atoms with E-state index in [2.05, 4.69) is 5.32 Å². The summed E-state index contributed by atoms with van der Waals surface area (Å²) in [6.45, 7) is 1.49. The van der Waals surface area contributed by atoms with Gasteiger partial charge in [0.1, 0.15) is 0 Å². The molecule has 0 spiro atoms. The van der Waals surface area contributed by atoms with E-state index >= 15 is 0 Å². The van der Waals surface area contributed by atoms with Crippen molar-refractivity contribution in [2.75, 3.05) is 33.7 Å². The highest BCUT2D eigenvalue weighted by atomic mass is 19.4. The van der Waals surface area contributed by atoms with E-state index in [0.717, 1.165) is 0 Å². The standard InChI is InChI=1S/C10H21F3N2O/c1-15(2)8-9(16)7-14-6-4-3-5-10(11,12)13/h9,14,16H,3-8H2,1-2H3. The van der Waals surface area contributed by atoms with Crippen molar-refractivity contribution in [3.8, 4) is 0 Å². The van der Waals surface area contributed by atoms with E-state index in [1.165, 1.54) is 0 Å². The molecule has 6 heteroatoms. The predicted octanol–water partition coefficient (Wildman–Crippen LogP) is 1.23. The van der Waals surface area contributed by atoms with Crippen molar-refractivity contribution in [2.45, 2.75) is 31.5 Å². The number of alkyl halides is 3. The Balaban J connectivity index is 3.27. The highest BCUT2D eigenvalue weighted by molar-refractivity contribution is 4.62. The minimum absolute atomic E-state index is 0.139. The summed E-state index contributed by atoms with van der Waals surface area (Å²) in [5, 5.41) is 12.4. The zero-order valence-corrected chi connectivity index (χ0v) is 9.85. The van der Waals surface area contributed by atoms with Gasteiger partial charge in [0, 0.05) is 19.5 Å². The summed E-state index contributed by atoms with van der Waals surface area (Å²) in [4.78, 5) is 1.86. The molecule has 1 atom stereocenters. The lowest BCUT2D eigenvalue weighted by molar-refractivity contribution is -0.135. The maximum atomic E-state index is 11.8. The van der Waals surface area contributed by atoms with Gasteiger partial charge in [-0.2, -0.15) is 13.2 Å². The minimum Gasteiger partial charge on any atom is -0.390 e. The fraction of sp³-hybridized carbons (Fsp3) is 1.00. The van der Waals surface area contributed by atoms with Crippen LogP contribution in [-0.4, -0.2) is 56.0 Å². The molecule has 16 heavy (non-hydrogen) atoms. The summed E-state index contributed by atoms with van der Waals surface area (Å²) in [6.07, 6.45) is -4.63. The van der Waals surface area contributed by atoms with Crippen LogP contribution in [-0.2, 0) is 0 Å². The monoisotopic (exact) mass is 242 g/mol. The summed E-state index contributed by atoms with van der Waals surface area (Å²) in [5.74, 6) is 0. The Hall–Kier alpha value is -0.330. The molecule has 0 amide bonds. The van der Waals surface area contributed by atoms with Crippen LogP contribution in [0.15, 0.2) is 0 Å². The molecule has 0 saturated carbocycles. The van der Waals surface area contributed by atoms with Crippen LogP contribution in [0.5, 0.6) is 0 Å². The third kappa shape index (κ3) is 11.7. The van der Waals surface area contributed by atoms with Gasteiger partial charge < -0.3 is 15.3 Å². The topological polar surface area (TPSA) is 35.5 Å². The molecule has 0 aromatic carbocycles. The van der Waals surface area contributed by atoms with Crippen LogP contribution >= 0.6 is 0 Å². The molecular weight excluding hydrogens is 221 g/mol. The molecule has 0 aliphatic rings. The molecule has 2 N–H and O–H groups in total. The number of aliphatic hydroxyl groups excluding tert-OH is 1. The summed E-state index contributed by atoms with van der Waals surface area (Å²) in [5.41, 5.74) is 0. The molecule has 98 valence electrons. The van der Waals surface area contributed by atoms with Crippen LogP contribution in [0.4, 0.5) is 13.2 Å². The zero-order valence-electron chi connectivity index (χ0n) is 9.85. The molecular formula is C10H21F3N2O. The van der Waals surface area contributed by atoms with E-state index < -0.39 is 18.7 Å². The molecule has 3 nitrogen and oxygen atoms in total. The molecule has 0 rings (SSSR count). The van der Waals surface area contributed by atoms with Crippen LogP contribution in [0, 0.1) is 0 Å². The third-order valence-corrected chi connectivity index (χ3v) is 2.02. The molecule has 0 aromatic rings. The van der Waals surface area contributed by atoms with Crippen LogP contribution in [0.25, 0.3) is 0 Å². The average molecular weight is 242 g/mol. The second-order valence-electron chi connectivity index (χ2n) is 4.19. The van der Waals surface area contributed by atoms with Gasteiger partial charge in [-0.25, -0.2) is 0 Å². The Morgan fingerprint density at radius 3 is 2.38 bits per heavy atom. The quantitative estimate of drug-likeness (QED) is 0.628. The molecule has 0 fully saturated rings. The first-order valence-corrected chi connectivity index (χ1v) is 5.41. The number of rotatable bonds is 8. The summed E-state index contributed by atoms with van der Waals surface area (Å²) in [6, 6.07) is 0. The lowest BCUT2D eigenvalue weighted by atomic mass is 10.2. The number of aliphatic hydroxyl groups is 1. The molecule has 0 aromatic heterocycles. The highest BCUT2D eigenvalue weighted by Crippen LogP contribution is 2.21. The van der Waals surface area contributed by atoms with Crippen molar-refractivity contribution in [1.82, 2.24) is 10.2 Å². The van der Waals surface area contributed by atoms with Gasteiger partial charge in [0.05, 0.1) is 6.10 Å². The number of nitrogens with zero attached hydrogens (tertiary/aromatic N) is 1. The van der Waals surface area contributed by atoms with Crippen molar-refractivity contribution in [1.29, 1.82) is 0 Å². The second kappa shape index (κ2) is 7.86. The number of hydrogen-bond donors (Lipinski definition) is 2. The summed E-state index contributed by atoms with van der Waals surface area (Å²) >= 11 is 0. The van der Waals surface area contributed by atoms with Crippen molar-refractivity contribution in [2.24, 2.45) is 0 Å².